The molecule has 2 aliphatic heterocycles. The topological polar surface area (TPSA) is 65.5 Å². The second-order valence-electron chi connectivity index (χ2n) is 6.84. The zero-order valence-corrected chi connectivity index (χ0v) is 15.5. The molecule has 0 unspecified atom stereocenters. The lowest BCUT2D eigenvalue weighted by Gasteiger charge is -2.39. The third-order valence-corrected chi connectivity index (χ3v) is 6.33. The zero-order valence-electron chi connectivity index (χ0n) is 14.7. The van der Waals surface area contributed by atoms with E-state index in [-0.39, 0.29) is 17.2 Å². The number of nitrogens with zero attached hydrogens (tertiary/aromatic N) is 3. The Kier molecular flexibility index (Phi) is 4.80. The van der Waals surface area contributed by atoms with Crippen LogP contribution in [0.1, 0.15) is 48.0 Å². The van der Waals surface area contributed by atoms with E-state index in [1.165, 1.54) is 11.3 Å². The molecule has 2 fully saturated rings. The maximum absolute atomic E-state index is 12.9. The summed E-state index contributed by atoms with van der Waals surface area (Å²) in [6.07, 6.45) is 3.71. The normalized spacial score (nSPS) is 24.0. The molecule has 1 N–H and O–H groups in total. The molecule has 0 radical (unpaired) electrons. The van der Waals surface area contributed by atoms with Crippen LogP contribution in [0.4, 0.5) is 5.13 Å². The number of hydrogen-bond donors (Lipinski definition) is 1. The van der Waals surface area contributed by atoms with Gasteiger partial charge in [0.2, 0.25) is 5.91 Å². The minimum Gasteiger partial charge on any atom is -0.365 e. The first-order chi connectivity index (χ1) is 11.5. The lowest BCUT2D eigenvalue weighted by molar-refractivity contribution is -0.145. The van der Waals surface area contributed by atoms with E-state index in [0.717, 1.165) is 49.6 Å². The minimum atomic E-state index is -0.354. The van der Waals surface area contributed by atoms with Crippen molar-refractivity contribution in [1.29, 1.82) is 0 Å². The fourth-order valence-corrected chi connectivity index (χ4v) is 4.79. The molecule has 0 aromatic carbocycles. The molecular formula is C17H26N4O2S. The van der Waals surface area contributed by atoms with E-state index < -0.39 is 0 Å². The van der Waals surface area contributed by atoms with Gasteiger partial charge in [-0.15, -0.1) is 0 Å². The molecule has 1 aromatic heterocycles. The summed E-state index contributed by atoms with van der Waals surface area (Å²) >= 11 is 1.39. The predicted octanol–water partition coefficient (Wildman–Crippen LogP) is 2.36. The van der Waals surface area contributed by atoms with E-state index in [0.29, 0.717) is 18.0 Å². The van der Waals surface area contributed by atoms with E-state index in [9.17, 15) is 9.59 Å². The van der Waals surface area contributed by atoms with E-state index in [1.807, 2.05) is 16.7 Å². The van der Waals surface area contributed by atoms with Crippen LogP contribution < -0.4 is 5.32 Å². The number of aryl methyl sites for hydroxylation is 1. The van der Waals surface area contributed by atoms with Crippen LogP contribution in [-0.4, -0.2) is 59.8 Å². The summed E-state index contributed by atoms with van der Waals surface area (Å²) in [7, 11) is 1.81. The monoisotopic (exact) mass is 350 g/mol. The Labute approximate surface area is 147 Å². The van der Waals surface area contributed by atoms with E-state index in [2.05, 4.69) is 17.2 Å². The van der Waals surface area contributed by atoms with Gasteiger partial charge in [0, 0.05) is 33.2 Å². The van der Waals surface area contributed by atoms with Crippen molar-refractivity contribution in [1.82, 2.24) is 14.8 Å². The van der Waals surface area contributed by atoms with Crippen molar-refractivity contribution in [3.05, 3.63) is 10.6 Å². The SMILES string of the molecule is CCCN1CCC[C@@]2(CCN(C(=O)c3sc(NC)nc3C)C2)C1=O. The standard InChI is InChI=1S/C17H26N4O2S/c1-4-8-20-9-5-6-17(15(20)23)7-10-21(11-17)14(22)13-12(2)19-16(18-3)24-13/h4-11H2,1-3H3,(H,18,19)/t17-/m0/s1. The van der Waals surface area contributed by atoms with Gasteiger partial charge < -0.3 is 15.1 Å². The highest BCUT2D eigenvalue weighted by Crippen LogP contribution is 2.41. The van der Waals surface area contributed by atoms with Crippen LogP contribution >= 0.6 is 11.3 Å². The van der Waals surface area contributed by atoms with Gasteiger partial charge >= 0.3 is 0 Å². The number of likely N-dealkylation sites (tertiary alicyclic amines) is 2. The van der Waals surface area contributed by atoms with Gasteiger partial charge in [-0.2, -0.15) is 0 Å². The van der Waals surface area contributed by atoms with Crippen molar-refractivity contribution >= 4 is 28.3 Å². The lowest BCUT2D eigenvalue weighted by atomic mass is 9.78. The van der Waals surface area contributed by atoms with Crippen molar-refractivity contribution in [2.75, 3.05) is 38.5 Å². The van der Waals surface area contributed by atoms with Crippen LogP contribution in [0.5, 0.6) is 0 Å². The van der Waals surface area contributed by atoms with E-state index >= 15 is 0 Å². The quantitative estimate of drug-likeness (QED) is 0.905. The fraction of sp³-hybridized carbons (Fsp3) is 0.706. The number of carbonyl (C=O) groups excluding carboxylic acids is 2. The van der Waals surface area contributed by atoms with Crippen LogP contribution in [0.3, 0.4) is 0 Å². The van der Waals surface area contributed by atoms with Crippen LogP contribution in [0.15, 0.2) is 0 Å². The number of nitrogens with one attached hydrogen (secondary N) is 1. The Balaban J connectivity index is 1.75. The van der Waals surface area contributed by atoms with E-state index in [4.69, 9.17) is 0 Å². The highest BCUT2D eigenvalue weighted by Gasteiger charge is 2.49. The summed E-state index contributed by atoms with van der Waals surface area (Å²) in [4.78, 5) is 34.7. The molecule has 1 atom stereocenters. The van der Waals surface area contributed by atoms with Gasteiger partial charge in [0.1, 0.15) is 4.88 Å². The average Bonchev–Trinajstić information content (AvgIpc) is 3.16. The number of aromatic nitrogens is 1. The molecule has 1 spiro atoms. The summed E-state index contributed by atoms with van der Waals surface area (Å²) < 4.78 is 0. The molecule has 132 valence electrons. The summed E-state index contributed by atoms with van der Waals surface area (Å²) in [5.41, 5.74) is 0.408. The molecule has 3 heterocycles. The van der Waals surface area contributed by atoms with E-state index in [1.54, 1.807) is 7.05 Å². The molecule has 2 aliphatic rings. The first-order valence-corrected chi connectivity index (χ1v) is 9.56. The Bertz CT molecular complexity index is 643. The number of hydrogen-bond acceptors (Lipinski definition) is 5. The predicted molar refractivity (Wildman–Crippen MR) is 95.5 cm³/mol. The number of carbonyl (C=O) groups is 2. The maximum Gasteiger partial charge on any atom is 0.265 e. The fourth-order valence-electron chi connectivity index (χ4n) is 3.91. The minimum absolute atomic E-state index is 0.0174. The zero-order chi connectivity index (χ0) is 17.3. The van der Waals surface area contributed by atoms with Gasteiger partial charge in [-0.25, -0.2) is 4.98 Å². The number of thiazole rings is 1. The molecule has 0 saturated carbocycles. The molecule has 3 rings (SSSR count). The number of piperidine rings is 1. The third kappa shape index (κ3) is 2.90. The molecule has 0 bridgehead atoms. The maximum atomic E-state index is 12.9. The molecule has 24 heavy (non-hydrogen) atoms. The summed E-state index contributed by atoms with van der Waals surface area (Å²) in [5.74, 6) is 0.270. The molecule has 7 heteroatoms. The molecular weight excluding hydrogens is 324 g/mol. The van der Waals surface area contributed by atoms with Gasteiger partial charge in [0.25, 0.3) is 5.91 Å². The second-order valence-corrected chi connectivity index (χ2v) is 7.84. The molecule has 0 aliphatic carbocycles. The van der Waals surface area contributed by atoms with Gasteiger partial charge in [0.05, 0.1) is 11.1 Å². The smallest absolute Gasteiger partial charge is 0.265 e. The van der Waals surface area contributed by atoms with Crippen LogP contribution in [-0.2, 0) is 4.79 Å². The Hall–Kier alpha value is -1.63. The largest absolute Gasteiger partial charge is 0.365 e. The molecule has 2 saturated heterocycles. The van der Waals surface area contributed by atoms with Crippen LogP contribution in [0.2, 0.25) is 0 Å². The Morgan fingerprint density at radius 2 is 2.17 bits per heavy atom. The highest BCUT2D eigenvalue weighted by atomic mass is 32.1. The van der Waals surface area contributed by atoms with Gasteiger partial charge in [-0.1, -0.05) is 18.3 Å². The van der Waals surface area contributed by atoms with Crippen LogP contribution in [0, 0.1) is 12.3 Å². The lowest BCUT2D eigenvalue weighted by Crippen LogP contribution is -2.50. The first-order valence-electron chi connectivity index (χ1n) is 8.74. The van der Waals surface area contributed by atoms with Gasteiger partial charge in [-0.05, 0) is 32.6 Å². The van der Waals surface area contributed by atoms with Gasteiger partial charge in [0.15, 0.2) is 5.13 Å². The third-order valence-electron chi connectivity index (χ3n) is 5.16. The number of rotatable bonds is 4. The summed E-state index contributed by atoms with van der Waals surface area (Å²) in [6, 6.07) is 0. The van der Waals surface area contributed by atoms with Crippen LogP contribution in [0.25, 0.3) is 0 Å². The summed E-state index contributed by atoms with van der Waals surface area (Å²) in [6.45, 7) is 6.87. The number of amides is 2. The molecule has 2 amide bonds. The average molecular weight is 350 g/mol. The molecule has 6 nitrogen and oxygen atoms in total. The van der Waals surface area contributed by atoms with Gasteiger partial charge in [-0.3, -0.25) is 9.59 Å². The first kappa shape index (κ1) is 17.2. The van der Waals surface area contributed by atoms with Crippen molar-refractivity contribution < 1.29 is 9.59 Å². The van der Waals surface area contributed by atoms with Crippen molar-refractivity contribution in [2.24, 2.45) is 5.41 Å². The van der Waals surface area contributed by atoms with Crippen molar-refractivity contribution in [3.63, 3.8) is 0 Å². The highest BCUT2D eigenvalue weighted by molar-refractivity contribution is 7.17. The second kappa shape index (κ2) is 6.70. The Morgan fingerprint density at radius 1 is 1.38 bits per heavy atom. The number of anilines is 1. The Morgan fingerprint density at radius 3 is 2.83 bits per heavy atom. The summed E-state index contributed by atoms with van der Waals surface area (Å²) in [5, 5.41) is 3.75. The van der Waals surface area contributed by atoms with Crippen molar-refractivity contribution in [3.8, 4) is 0 Å². The van der Waals surface area contributed by atoms with Crippen molar-refractivity contribution in [2.45, 2.75) is 39.5 Å². The molecule has 1 aromatic rings.